The number of carboxylic acid groups (broad SMARTS) is 1. The number of aliphatic hydroxyl groups excluding tert-OH is 1. The summed E-state index contributed by atoms with van der Waals surface area (Å²) in [4.78, 5) is 11.0. The summed E-state index contributed by atoms with van der Waals surface area (Å²) in [6.07, 6.45) is 1.62. The lowest BCUT2D eigenvalue weighted by molar-refractivity contribution is -0.874. The van der Waals surface area contributed by atoms with Gasteiger partial charge in [0.2, 0.25) is 0 Å². The summed E-state index contributed by atoms with van der Waals surface area (Å²) >= 11 is 0. The molecule has 0 rings (SSSR count). The zero-order valence-electron chi connectivity index (χ0n) is 10.2. The maximum atomic E-state index is 11.0. The summed E-state index contributed by atoms with van der Waals surface area (Å²) in [6.45, 7) is 2.49. The van der Waals surface area contributed by atoms with E-state index < -0.39 is 18.0 Å². The van der Waals surface area contributed by atoms with Gasteiger partial charge in [-0.15, -0.1) is 0 Å². The van der Waals surface area contributed by atoms with Crippen LogP contribution >= 0.6 is 0 Å². The molecule has 2 unspecified atom stereocenters. The molecule has 15 heavy (non-hydrogen) atoms. The van der Waals surface area contributed by atoms with Crippen LogP contribution in [0.3, 0.4) is 0 Å². The van der Waals surface area contributed by atoms with E-state index in [1.54, 1.807) is 0 Å². The summed E-state index contributed by atoms with van der Waals surface area (Å²) < 4.78 is 0.580. The highest BCUT2D eigenvalue weighted by atomic mass is 16.4. The Hall–Kier alpha value is -0.610. The number of carboxylic acids is 1. The molecule has 0 heterocycles. The number of likely N-dealkylation sites (N-methyl/N-ethyl adjacent to an activating group) is 1. The van der Waals surface area contributed by atoms with Crippen molar-refractivity contribution in [2.75, 3.05) is 27.7 Å². The second-order valence-electron chi connectivity index (χ2n) is 5.13. The molecule has 2 atom stereocenters. The lowest BCUT2D eigenvalue weighted by Gasteiger charge is -2.29. The fourth-order valence-corrected chi connectivity index (χ4v) is 1.59. The molecule has 0 spiro atoms. The molecule has 0 amide bonds. The van der Waals surface area contributed by atoms with Crippen molar-refractivity contribution in [1.82, 2.24) is 0 Å². The van der Waals surface area contributed by atoms with Gasteiger partial charge in [0.25, 0.3) is 0 Å². The monoisotopic (exact) mass is 218 g/mol. The van der Waals surface area contributed by atoms with Crippen LogP contribution in [0.1, 0.15) is 26.2 Å². The SMILES string of the molecule is CCCCC(C(=O)O)C(O)C[N+](C)(C)C. The highest BCUT2D eigenvalue weighted by Gasteiger charge is 2.29. The summed E-state index contributed by atoms with van der Waals surface area (Å²) in [5.74, 6) is -1.51. The van der Waals surface area contributed by atoms with E-state index in [9.17, 15) is 9.90 Å². The normalized spacial score (nSPS) is 16.1. The minimum Gasteiger partial charge on any atom is -0.481 e. The highest BCUT2D eigenvalue weighted by Crippen LogP contribution is 2.15. The highest BCUT2D eigenvalue weighted by molar-refractivity contribution is 5.70. The Bertz CT molecular complexity index is 198. The fourth-order valence-electron chi connectivity index (χ4n) is 1.59. The molecular formula is C11H24NO3+. The van der Waals surface area contributed by atoms with Gasteiger partial charge in [0.05, 0.1) is 27.1 Å². The number of rotatable bonds is 7. The first-order valence-corrected chi connectivity index (χ1v) is 5.49. The summed E-state index contributed by atoms with van der Waals surface area (Å²) in [5, 5.41) is 18.8. The molecule has 0 radical (unpaired) electrons. The molecule has 0 fully saturated rings. The van der Waals surface area contributed by atoms with Crippen molar-refractivity contribution >= 4 is 5.97 Å². The first-order valence-electron chi connectivity index (χ1n) is 5.49. The Morgan fingerprint density at radius 3 is 2.20 bits per heavy atom. The van der Waals surface area contributed by atoms with E-state index >= 15 is 0 Å². The summed E-state index contributed by atoms with van der Waals surface area (Å²) in [7, 11) is 5.84. The Morgan fingerprint density at radius 2 is 1.87 bits per heavy atom. The molecule has 0 saturated heterocycles. The Balaban J connectivity index is 4.29. The predicted molar refractivity (Wildman–Crippen MR) is 59.6 cm³/mol. The van der Waals surface area contributed by atoms with Gasteiger partial charge in [-0.1, -0.05) is 19.8 Å². The van der Waals surface area contributed by atoms with E-state index in [0.717, 1.165) is 12.8 Å². The van der Waals surface area contributed by atoms with Crippen molar-refractivity contribution < 1.29 is 19.5 Å². The molecule has 0 aromatic heterocycles. The zero-order valence-corrected chi connectivity index (χ0v) is 10.2. The molecule has 0 aliphatic rings. The molecule has 2 N–H and O–H groups in total. The fraction of sp³-hybridized carbons (Fsp3) is 0.909. The topological polar surface area (TPSA) is 57.5 Å². The molecule has 4 heteroatoms. The average Bonchev–Trinajstić information content (AvgIpc) is 2.00. The Morgan fingerprint density at radius 1 is 1.33 bits per heavy atom. The number of hydrogen-bond donors (Lipinski definition) is 2. The first kappa shape index (κ1) is 14.4. The van der Waals surface area contributed by atoms with Crippen LogP contribution in [0.4, 0.5) is 0 Å². The van der Waals surface area contributed by atoms with Crippen LogP contribution in [0.25, 0.3) is 0 Å². The first-order chi connectivity index (χ1) is 6.78. The van der Waals surface area contributed by atoms with Crippen molar-refractivity contribution in [3.05, 3.63) is 0 Å². The smallest absolute Gasteiger partial charge is 0.309 e. The molecule has 4 nitrogen and oxygen atoms in total. The lowest BCUT2D eigenvalue weighted by atomic mass is 9.95. The maximum Gasteiger partial charge on any atom is 0.309 e. The molecule has 90 valence electrons. The lowest BCUT2D eigenvalue weighted by Crippen LogP contribution is -2.45. The van der Waals surface area contributed by atoms with Gasteiger partial charge >= 0.3 is 5.97 Å². The molecule has 0 aromatic rings. The number of quaternary nitrogens is 1. The number of aliphatic hydroxyl groups is 1. The second kappa shape index (κ2) is 6.08. The van der Waals surface area contributed by atoms with Crippen molar-refractivity contribution in [3.63, 3.8) is 0 Å². The van der Waals surface area contributed by atoms with Crippen LogP contribution in [0.15, 0.2) is 0 Å². The van der Waals surface area contributed by atoms with Gasteiger partial charge in [0.1, 0.15) is 12.6 Å². The third-order valence-corrected chi connectivity index (χ3v) is 2.39. The van der Waals surface area contributed by atoms with Crippen LogP contribution in [-0.2, 0) is 4.79 Å². The van der Waals surface area contributed by atoms with Crippen LogP contribution in [0.5, 0.6) is 0 Å². The van der Waals surface area contributed by atoms with Crippen LogP contribution in [0.2, 0.25) is 0 Å². The van der Waals surface area contributed by atoms with Gasteiger partial charge in [-0.05, 0) is 6.42 Å². The minimum atomic E-state index is -0.885. The number of aliphatic carboxylic acids is 1. The van der Waals surface area contributed by atoms with E-state index in [2.05, 4.69) is 0 Å². The number of carbonyl (C=O) groups is 1. The van der Waals surface area contributed by atoms with Crippen molar-refractivity contribution in [2.24, 2.45) is 5.92 Å². The number of unbranched alkanes of at least 4 members (excludes halogenated alkanes) is 1. The van der Waals surface area contributed by atoms with E-state index in [1.165, 1.54) is 0 Å². The van der Waals surface area contributed by atoms with Gasteiger partial charge in [-0.3, -0.25) is 4.79 Å². The molecule has 0 aliphatic carbocycles. The van der Waals surface area contributed by atoms with Gasteiger partial charge in [0, 0.05) is 0 Å². The van der Waals surface area contributed by atoms with Gasteiger partial charge in [-0.25, -0.2) is 0 Å². The van der Waals surface area contributed by atoms with Crippen molar-refractivity contribution in [2.45, 2.75) is 32.3 Å². The second-order valence-corrected chi connectivity index (χ2v) is 5.13. The number of nitrogens with zero attached hydrogens (tertiary/aromatic N) is 1. The van der Waals surface area contributed by atoms with Crippen LogP contribution in [0, 0.1) is 5.92 Å². The predicted octanol–water partition coefficient (Wildman–Crippen LogP) is 0.944. The van der Waals surface area contributed by atoms with E-state index in [1.807, 2.05) is 28.1 Å². The summed E-state index contributed by atoms with van der Waals surface area (Å²) in [5.41, 5.74) is 0. The molecular weight excluding hydrogens is 194 g/mol. The maximum absolute atomic E-state index is 11.0. The summed E-state index contributed by atoms with van der Waals surface area (Å²) in [6, 6.07) is 0. The quantitative estimate of drug-likeness (QED) is 0.625. The van der Waals surface area contributed by atoms with Gasteiger partial charge in [-0.2, -0.15) is 0 Å². The zero-order chi connectivity index (χ0) is 12.1. The van der Waals surface area contributed by atoms with Crippen LogP contribution < -0.4 is 0 Å². The third kappa shape index (κ3) is 6.47. The Kier molecular flexibility index (Phi) is 5.83. The van der Waals surface area contributed by atoms with E-state index in [-0.39, 0.29) is 0 Å². The largest absolute Gasteiger partial charge is 0.481 e. The number of hydrogen-bond acceptors (Lipinski definition) is 2. The minimum absolute atomic E-state index is 0.473. The van der Waals surface area contributed by atoms with Crippen molar-refractivity contribution in [1.29, 1.82) is 0 Å². The average molecular weight is 218 g/mol. The third-order valence-electron chi connectivity index (χ3n) is 2.39. The van der Waals surface area contributed by atoms with E-state index in [4.69, 9.17) is 5.11 Å². The van der Waals surface area contributed by atoms with Gasteiger partial charge < -0.3 is 14.7 Å². The van der Waals surface area contributed by atoms with Gasteiger partial charge in [0.15, 0.2) is 0 Å². The van der Waals surface area contributed by atoms with E-state index in [0.29, 0.717) is 17.4 Å². The van der Waals surface area contributed by atoms with Crippen LogP contribution in [-0.4, -0.2) is 54.5 Å². The molecule has 0 saturated carbocycles. The van der Waals surface area contributed by atoms with Crippen molar-refractivity contribution in [3.8, 4) is 0 Å². The molecule has 0 bridgehead atoms. The standard InChI is InChI=1S/C11H23NO3/c1-5-6-7-9(11(14)15)10(13)8-12(2,3)4/h9-10,13H,5-8H2,1-4H3/p+1. The molecule has 0 aliphatic heterocycles. The Labute approximate surface area is 92.1 Å². The molecule has 0 aromatic carbocycles.